The normalized spacial score (nSPS) is 17.4. The predicted molar refractivity (Wildman–Crippen MR) is 108 cm³/mol. The number of carbonyl (C=O) groups excluding carboxylic acids is 3. The first-order valence-corrected chi connectivity index (χ1v) is 10.3. The third-order valence-corrected chi connectivity index (χ3v) is 6.37. The molecule has 3 amide bonds. The van der Waals surface area contributed by atoms with Crippen molar-refractivity contribution >= 4 is 40.7 Å². The third kappa shape index (κ3) is 3.70. The van der Waals surface area contributed by atoms with Crippen LogP contribution in [-0.2, 0) is 11.3 Å². The van der Waals surface area contributed by atoms with Crippen LogP contribution in [0, 0.1) is 6.92 Å². The molecule has 0 unspecified atom stereocenters. The average Bonchev–Trinajstić information content (AvgIpc) is 3.18. The van der Waals surface area contributed by atoms with Gasteiger partial charge in [-0.2, -0.15) is 0 Å². The Labute approximate surface area is 172 Å². The molecular weight excluding hydrogens is 398 g/mol. The van der Waals surface area contributed by atoms with E-state index in [1.54, 1.807) is 34.4 Å². The number of aryl methyl sites for hydroxylation is 1. The minimum absolute atomic E-state index is 0.190. The lowest BCUT2D eigenvalue weighted by molar-refractivity contribution is -0.133. The summed E-state index contributed by atoms with van der Waals surface area (Å²) in [6.45, 7) is 5.16. The molecule has 0 N–H and O–H groups in total. The van der Waals surface area contributed by atoms with Crippen LogP contribution >= 0.6 is 22.9 Å². The molecule has 1 aromatic heterocycles. The molecule has 1 fully saturated rings. The Hall–Kier alpha value is -2.22. The van der Waals surface area contributed by atoms with E-state index in [0.717, 1.165) is 34.4 Å². The number of thiophene rings is 1. The Balaban J connectivity index is 1.34. The SMILES string of the molecule is Cc1ccc2c(c1)C(=O)N(CC(=O)N1CCN(Cc3ccc(Cl)s3)CC1)C2=O. The van der Waals surface area contributed by atoms with Gasteiger partial charge in [0, 0.05) is 37.6 Å². The molecule has 0 spiro atoms. The number of nitrogens with zero attached hydrogens (tertiary/aromatic N) is 3. The topological polar surface area (TPSA) is 60.9 Å². The van der Waals surface area contributed by atoms with E-state index in [1.807, 2.05) is 19.1 Å². The second-order valence-electron chi connectivity index (χ2n) is 7.11. The molecule has 8 heteroatoms. The highest BCUT2D eigenvalue weighted by Gasteiger charge is 2.37. The molecule has 146 valence electrons. The minimum atomic E-state index is -0.387. The second kappa shape index (κ2) is 7.66. The number of piperazine rings is 1. The lowest BCUT2D eigenvalue weighted by atomic mass is 10.1. The van der Waals surface area contributed by atoms with Crippen molar-refractivity contribution in [3.63, 3.8) is 0 Å². The second-order valence-corrected chi connectivity index (χ2v) is 8.91. The van der Waals surface area contributed by atoms with E-state index in [1.165, 1.54) is 4.88 Å². The van der Waals surface area contributed by atoms with Gasteiger partial charge in [0.1, 0.15) is 6.54 Å². The Morgan fingerprint density at radius 2 is 1.75 bits per heavy atom. The number of hydrogen-bond acceptors (Lipinski definition) is 5. The van der Waals surface area contributed by atoms with E-state index in [0.29, 0.717) is 24.2 Å². The molecule has 0 aliphatic carbocycles. The monoisotopic (exact) mass is 417 g/mol. The summed E-state index contributed by atoms with van der Waals surface area (Å²) in [7, 11) is 0. The quantitative estimate of drug-likeness (QED) is 0.717. The van der Waals surface area contributed by atoms with Crippen LogP contribution in [0.3, 0.4) is 0 Å². The van der Waals surface area contributed by atoms with E-state index in [4.69, 9.17) is 11.6 Å². The van der Waals surface area contributed by atoms with Crippen molar-refractivity contribution in [1.82, 2.24) is 14.7 Å². The van der Waals surface area contributed by atoms with Crippen LogP contribution in [0.4, 0.5) is 0 Å². The molecule has 3 heterocycles. The highest BCUT2D eigenvalue weighted by Crippen LogP contribution is 2.25. The smallest absolute Gasteiger partial charge is 0.262 e. The van der Waals surface area contributed by atoms with Gasteiger partial charge in [0.05, 0.1) is 15.5 Å². The van der Waals surface area contributed by atoms with Gasteiger partial charge in [0.2, 0.25) is 5.91 Å². The molecule has 4 rings (SSSR count). The molecule has 6 nitrogen and oxygen atoms in total. The van der Waals surface area contributed by atoms with Gasteiger partial charge in [-0.25, -0.2) is 0 Å². The zero-order valence-electron chi connectivity index (χ0n) is 15.5. The molecule has 2 aromatic rings. The van der Waals surface area contributed by atoms with Crippen LogP contribution in [0.5, 0.6) is 0 Å². The molecular formula is C20H20ClN3O3S. The summed E-state index contributed by atoms with van der Waals surface area (Å²) in [5, 5.41) is 0. The average molecular weight is 418 g/mol. The Kier molecular flexibility index (Phi) is 5.23. The molecule has 0 saturated carbocycles. The van der Waals surface area contributed by atoms with Gasteiger partial charge in [0.15, 0.2) is 0 Å². The highest BCUT2D eigenvalue weighted by atomic mass is 35.5. The Bertz CT molecular complexity index is 950. The number of fused-ring (bicyclic) bond motifs is 1. The van der Waals surface area contributed by atoms with Crippen molar-refractivity contribution in [2.45, 2.75) is 13.5 Å². The van der Waals surface area contributed by atoms with E-state index >= 15 is 0 Å². The van der Waals surface area contributed by atoms with Crippen LogP contribution in [0.25, 0.3) is 0 Å². The lowest BCUT2D eigenvalue weighted by Crippen LogP contribution is -2.51. The number of rotatable bonds is 4. The van der Waals surface area contributed by atoms with Crippen molar-refractivity contribution < 1.29 is 14.4 Å². The minimum Gasteiger partial charge on any atom is -0.339 e. The summed E-state index contributed by atoms with van der Waals surface area (Å²) in [4.78, 5) is 44.0. The zero-order chi connectivity index (χ0) is 19.8. The van der Waals surface area contributed by atoms with Crippen molar-refractivity contribution in [2.24, 2.45) is 0 Å². The van der Waals surface area contributed by atoms with E-state index in [-0.39, 0.29) is 24.3 Å². The van der Waals surface area contributed by atoms with E-state index in [2.05, 4.69) is 4.90 Å². The Morgan fingerprint density at radius 1 is 1.04 bits per heavy atom. The van der Waals surface area contributed by atoms with Crippen molar-refractivity contribution in [3.05, 3.63) is 56.2 Å². The molecule has 2 aliphatic heterocycles. The first kappa shape index (κ1) is 19.1. The number of imide groups is 1. The van der Waals surface area contributed by atoms with Gasteiger partial charge in [0.25, 0.3) is 11.8 Å². The van der Waals surface area contributed by atoms with Crippen LogP contribution in [0.2, 0.25) is 4.34 Å². The zero-order valence-corrected chi connectivity index (χ0v) is 17.1. The van der Waals surface area contributed by atoms with E-state index < -0.39 is 0 Å². The highest BCUT2D eigenvalue weighted by molar-refractivity contribution is 7.16. The van der Waals surface area contributed by atoms with Crippen LogP contribution in [-0.4, -0.2) is 65.1 Å². The standard InChI is InChI=1S/C20H20ClN3O3S/c1-13-2-4-15-16(10-13)20(27)24(19(15)26)12-18(25)23-8-6-22(7-9-23)11-14-3-5-17(21)28-14/h2-5,10H,6-9,11-12H2,1H3. The summed E-state index contributed by atoms with van der Waals surface area (Å²) in [6, 6.07) is 9.08. The summed E-state index contributed by atoms with van der Waals surface area (Å²) in [6.07, 6.45) is 0. The van der Waals surface area contributed by atoms with Crippen molar-refractivity contribution in [1.29, 1.82) is 0 Å². The number of amides is 3. The largest absolute Gasteiger partial charge is 0.339 e. The fourth-order valence-corrected chi connectivity index (χ4v) is 4.73. The summed E-state index contributed by atoms with van der Waals surface area (Å²) in [5.41, 5.74) is 1.68. The number of hydrogen-bond donors (Lipinski definition) is 0. The molecule has 1 aromatic carbocycles. The number of carbonyl (C=O) groups is 3. The van der Waals surface area contributed by atoms with Gasteiger partial charge in [-0.15, -0.1) is 11.3 Å². The first-order valence-electron chi connectivity index (χ1n) is 9.13. The molecule has 0 radical (unpaired) electrons. The maximum absolute atomic E-state index is 12.7. The summed E-state index contributed by atoms with van der Waals surface area (Å²) < 4.78 is 0.778. The maximum atomic E-state index is 12.7. The summed E-state index contributed by atoms with van der Waals surface area (Å²) in [5.74, 6) is -0.961. The molecule has 2 aliphatic rings. The van der Waals surface area contributed by atoms with Gasteiger partial charge in [-0.1, -0.05) is 23.2 Å². The molecule has 1 saturated heterocycles. The third-order valence-electron chi connectivity index (χ3n) is 5.15. The molecule has 28 heavy (non-hydrogen) atoms. The van der Waals surface area contributed by atoms with Gasteiger partial charge >= 0.3 is 0 Å². The molecule has 0 bridgehead atoms. The fraction of sp³-hybridized carbons (Fsp3) is 0.350. The summed E-state index contributed by atoms with van der Waals surface area (Å²) >= 11 is 7.54. The fourth-order valence-electron chi connectivity index (χ4n) is 3.60. The van der Waals surface area contributed by atoms with Gasteiger partial charge in [-0.3, -0.25) is 24.2 Å². The van der Waals surface area contributed by atoms with E-state index in [9.17, 15) is 14.4 Å². The van der Waals surface area contributed by atoms with Crippen LogP contribution in [0.15, 0.2) is 30.3 Å². The van der Waals surface area contributed by atoms with Crippen LogP contribution < -0.4 is 0 Å². The number of halogens is 1. The first-order chi connectivity index (χ1) is 13.4. The van der Waals surface area contributed by atoms with Gasteiger partial charge < -0.3 is 4.90 Å². The predicted octanol–water partition coefficient (Wildman–Crippen LogP) is 2.65. The van der Waals surface area contributed by atoms with Crippen molar-refractivity contribution in [2.75, 3.05) is 32.7 Å². The van der Waals surface area contributed by atoms with Crippen molar-refractivity contribution in [3.8, 4) is 0 Å². The lowest BCUT2D eigenvalue weighted by Gasteiger charge is -2.35. The molecule has 0 atom stereocenters. The Morgan fingerprint density at radius 3 is 2.43 bits per heavy atom. The number of benzene rings is 1. The van der Waals surface area contributed by atoms with Crippen LogP contribution in [0.1, 0.15) is 31.2 Å². The maximum Gasteiger partial charge on any atom is 0.262 e. The van der Waals surface area contributed by atoms with Gasteiger partial charge in [-0.05, 0) is 31.2 Å².